The van der Waals surface area contributed by atoms with Crippen LogP contribution in [-0.2, 0) is 0 Å². The van der Waals surface area contributed by atoms with Gasteiger partial charge >= 0.3 is 5.97 Å². The molecule has 0 unspecified atom stereocenters. The highest BCUT2D eigenvalue weighted by Crippen LogP contribution is 2.21. The van der Waals surface area contributed by atoms with Crippen LogP contribution < -0.4 is 0 Å². The molecule has 0 radical (unpaired) electrons. The molecule has 0 spiro atoms. The summed E-state index contributed by atoms with van der Waals surface area (Å²) in [6.07, 6.45) is 0. The van der Waals surface area contributed by atoms with Crippen LogP contribution in [0.15, 0.2) is 64.8 Å². The van der Waals surface area contributed by atoms with Crippen molar-refractivity contribution >= 4 is 17.3 Å². The highest BCUT2D eigenvalue weighted by Gasteiger charge is 2.07. The topological polar surface area (TPSA) is 62.0 Å². The summed E-state index contributed by atoms with van der Waals surface area (Å²) in [5, 5.41) is 16.9. The van der Waals surface area contributed by atoms with E-state index in [4.69, 9.17) is 5.11 Å². The Labute approximate surface area is 98.3 Å². The van der Waals surface area contributed by atoms with Gasteiger partial charge in [-0.05, 0) is 24.3 Å². The fourth-order valence-electron chi connectivity index (χ4n) is 1.35. The van der Waals surface area contributed by atoms with Gasteiger partial charge in [-0.15, -0.1) is 5.11 Å². The van der Waals surface area contributed by atoms with Gasteiger partial charge in [-0.2, -0.15) is 5.11 Å². The van der Waals surface area contributed by atoms with Crippen molar-refractivity contribution in [1.29, 1.82) is 0 Å². The van der Waals surface area contributed by atoms with Gasteiger partial charge in [0.05, 0.1) is 11.3 Å². The highest BCUT2D eigenvalue weighted by atomic mass is 16.4. The average molecular weight is 226 g/mol. The van der Waals surface area contributed by atoms with Gasteiger partial charge in [-0.1, -0.05) is 30.3 Å². The van der Waals surface area contributed by atoms with Gasteiger partial charge in [0.2, 0.25) is 0 Å². The standard InChI is InChI=1S/C13H10N2O2/c16-13(17)11-8-4-5-9-12(11)15-14-10-6-2-1-3-7-10/h1-9H,(H,16,17)/b15-14+. The van der Waals surface area contributed by atoms with Crippen molar-refractivity contribution in [1.82, 2.24) is 0 Å². The van der Waals surface area contributed by atoms with E-state index in [2.05, 4.69) is 10.2 Å². The molecule has 4 nitrogen and oxygen atoms in total. The number of carboxylic acids is 1. The second-order valence-corrected chi connectivity index (χ2v) is 3.36. The van der Waals surface area contributed by atoms with Crippen LogP contribution in [0.3, 0.4) is 0 Å². The van der Waals surface area contributed by atoms with E-state index in [1.54, 1.807) is 30.3 Å². The van der Waals surface area contributed by atoms with Crippen LogP contribution in [0.2, 0.25) is 0 Å². The van der Waals surface area contributed by atoms with Crippen LogP contribution in [0.25, 0.3) is 0 Å². The molecule has 0 aliphatic heterocycles. The fourth-order valence-corrected chi connectivity index (χ4v) is 1.35. The summed E-state index contributed by atoms with van der Waals surface area (Å²) in [5.41, 5.74) is 1.18. The maximum Gasteiger partial charge on any atom is 0.337 e. The Kier molecular flexibility index (Phi) is 3.25. The Morgan fingerprint density at radius 2 is 1.53 bits per heavy atom. The third-order valence-electron chi connectivity index (χ3n) is 2.16. The van der Waals surface area contributed by atoms with E-state index in [0.717, 1.165) is 0 Å². The molecule has 1 N–H and O–H groups in total. The summed E-state index contributed by atoms with van der Waals surface area (Å²) in [6.45, 7) is 0. The van der Waals surface area contributed by atoms with Gasteiger partial charge in [0.1, 0.15) is 5.69 Å². The fraction of sp³-hybridized carbons (Fsp3) is 0. The van der Waals surface area contributed by atoms with Gasteiger partial charge in [-0.3, -0.25) is 0 Å². The quantitative estimate of drug-likeness (QED) is 0.809. The van der Waals surface area contributed by atoms with Crippen LogP contribution in [0.4, 0.5) is 11.4 Å². The largest absolute Gasteiger partial charge is 0.478 e. The van der Waals surface area contributed by atoms with E-state index >= 15 is 0 Å². The van der Waals surface area contributed by atoms with Crippen molar-refractivity contribution in [3.63, 3.8) is 0 Å². The summed E-state index contributed by atoms with van der Waals surface area (Å²) in [6, 6.07) is 15.7. The van der Waals surface area contributed by atoms with E-state index in [1.165, 1.54) is 6.07 Å². The highest BCUT2D eigenvalue weighted by molar-refractivity contribution is 5.93. The van der Waals surface area contributed by atoms with E-state index < -0.39 is 5.97 Å². The van der Waals surface area contributed by atoms with Gasteiger partial charge in [-0.25, -0.2) is 4.79 Å². The number of hydrogen-bond donors (Lipinski definition) is 1. The van der Waals surface area contributed by atoms with Crippen molar-refractivity contribution in [3.05, 3.63) is 60.2 Å². The predicted molar refractivity (Wildman–Crippen MR) is 64.0 cm³/mol. The third-order valence-corrected chi connectivity index (χ3v) is 2.16. The maximum absolute atomic E-state index is 10.9. The molecule has 84 valence electrons. The number of carboxylic acid groups (broad SMARTS) is 1. The minimum absolute atomic E-state index is 0.146. The predicted octanol–water partition coefficient (Wildman–Crippen LogP) is 3.80. The van der Waals surface area contributed by atoms with Crippen LogP contribution in [0, 0.1) is 0 Å². The Hall–Kier alpha value is -2.49. The molecule has 0 saturated carbocycles. The zero-order chi connectivity index (χ0) is 12.1. The summed E-state index contributed by atoms with van der Waals surface area (Å²) in [7, 11) is 0. The van der Waals surface area contributed by atoms with Crippen molar-refractivity contribution in [2.24, 2.45) is 10.2 Å². The van der Waals surface area contributed by atoms with E-state index in [9.17, 15) is 4.79 Å². The van der Waals surface area contributed by atoms with E-state index in [1.807, 2.05) is 18.2 Å². The molecule has 2 aromatic carbocycles. The molecule has 0 aliphatic carbocycles. The minimum atomic E-state index is -1.01. The summed E-state index contributed by atoms with van der Waals surface area (Å²) in [4.78, 5) is 10.9. The van der Waals surface area contributed by atoms with Crippen molar-refractivity contribution in [2.45, 2.75) is 0 Å². The first-order valence-corrected chi connectivity index (χ1v) is 5.06. The first kappa shape index (κ1) is 11.0. The molecule has 2 aromatic rings. The number of benzene rings is 2. The minimum Gasteiger partial charge on any atom is -0.478 e. The molecule has 0 heterocycles. The molecule has 4 heteroatoms. The molecule has 0 saturated heterocycles. The van der Waals surface area contributed by atoms with Crippen molar-refractivity contribution in [2.75, 3.05) is 0 Å². The summed E-state index contributed by atoms with van der Waals surface area (Å²) < 4.78 is 0. The summed E-state index contributed by atoms with van der Waals surface area (Å²) in [5.74, 6) is -1.01. The number of azo groups is 1. The molecular weight excluding hydrogens is 216 g/mol. The van der Waals surface area contributed by atoms with Gasteiger partial charge < -0.3 is 5.11 Å². The molecule has 2 rings (SSSR count). The number of nitrogens with zero attached hydrogens (tertiary/aromatic N) is 2. The number of hydrogen-bond acceptors (Lipinski definition) is 3. The number of rotatable bonds is 3. The van der Waals surface area contributed by atoms with Gasteiger partial charge in [0, 0.05) is 0 Å². The summed E-state index contributed by atoms with van der Waals surface area (Å²) >= 11 is 0. The zero-order valence-electron chi connectivity index (χ0n) is 8.95. The third kappa shape index (κ3) is 2.75. The molecule has 0 aromatic heterocycles. The number of aromatic carboxylic acids is 1. The average Bonchev–Trinajstić information content (AvgIpc) is 2.38. The lowest BCUT2D eigenvalue weighted by Crippen LogP contribution is -1.95. The maximum atomic E-state index is 10.9. The molecule has 0 atom stereocenters. The molecule has 0 aliphatic rings. The molecule has 0 fully saturated rings. The normalized spacial score (nSPS) is 10.6. The van der Waals surface area contributed by atoms with Gasteiger partial charge in [0.15, 0.2) is 0 Å². The molecule has 0 bridgehead atoms. The van der Waals surface area contributed by atoms with Crippen LogP contribution >= 0.6 is 0 Å². The first-order chi connectivity index (χ1) is 8.27. The first-order valence-electron chi connectivity index (χ1n) is 5.06. The second kappa shape index (κ2) is 5.03. The van der Waals surface area contributed by atoms with Crippen LogP contribution in [0.1, 0.15) is 10.4 Å². The van der Waals surface area contributed by atoms with Crippen molar-refractivity contribution < 1.29 is 9.90 Å². The monoisotopic (exact) mass is 226 g/mol. The smallest absolute Gasteiger partial charge is 0.337 e. The molecule has 0 amide bonds. The zero-order valence-corrected chi connectivity index (χ0v) is 8.95. The second-order valence-electron chi connectivity index (χ2n) is 3.36. The van der Waals surface area contributed by atoms with Gasteiger partial charge in [0.25, 0.3) is 0 Å². The van der Waals surface area contributed by atoms with Crippen LogP contribution in [-0.4, -0.2) is 11.1 Å². The Morgan fingerprint density at radius 3 is 2.24 bits per heavy atom. The lowest BCUT2D eigenvalue weighted by molar-refractivity contribution is 0.0698. The van der Waals surface area contributed by atoms with E-state index in [-0.39, 0.29) is 5.56 Å². The number of carbonyl (C=O) groups is 1. The van der Waals surface area contributed by atoms with E-state index in [0.29, 0.717) is 11.4 Å². The SMILES string of the molecule is O=C(O)c1ccccc1/N=N/c1ccccc1. The Morgan fingerprint density at radius 1 is 0.882 bits per heavy atom. The molecule has 17 heavy (non-hydrogen) atoms. The lowest BCUT2D eigenvalue weighted by Gasteiger charge is -1.98. The molecular formula is C13H10N2O2. The lowest BCUT2D eigenvalue weighted by atomic mass is 10.2. The van der Waals surface area contributed by atoms with Crippen LogP contribution in [0.5, 0.6) is 0 Å². The Bertz CT molecular complexity index is 550. The Balaban J connectivity index is 2.30. The van der Waals surface area contributed by atoms with Crippen molar-refractivity contribution in [3.8, 4) is 0 Å².